The summed E-state index contributed by atoms with van der Waals surface area (Å²) in [4.78, 5) is 10.4. The van der Waals surface area contributed by atoms with Gasteiger partial charge in [-0.1, -0.05) is 13.8 Å². The summed E-state index contributed by atoms with van der Waals surface area (Å²) in [6, 6.07) is -0.456. The van der Waals surface area contributed by atoms with Gasteiger partial charge in [0.05, 0.1) is 6.04 Å². The SMILES string of the molecule is CC(C)CCC(N)C(N)=O. The van der Waals surface area contributed by atoms with Gasteiger partial charge in [-0.2, -0.15) is 0 Å². The zero-order valence-electron chi connectivity index (χ0n) is 6.63. The molecule has 1 amide bonds. The Labute approximate surface area is 61.8 Å². The third-order valence-electron chi connectivity index (χ3n) is 1.42. The first kappa shape index (κ1) is 9.43. The lowest BCUT2D eigenvalue weighted by molar-refractivity contribution is -0.119. The molecule has 4 N–H and O–H groups in total. The predicted octanol–water partition coefficient (Wildman–Crippen LogP) is 0.235. The average molecular weight is 144 g/mol. The molecule has 0 aromatic carbocycles. The third kappa shape index (κ3) is 4.32. The minimum absolute atomic E-state index is 0.402. The van der Waals surface area contributed by atoms with E-state index >= 15 is 0 Å². The molecule has 0 aliphatic rings. The van der Waals surface area contributed by atoms with Gasteiger partial charge in [0, 0.05) is 0 Å². The van der Waals surface area contributed by atoms with Gasteiger partial charge in [0.25, 0.3) is 0 Å². The van der Waals surface area contributed by atoms with Crippen LogP contribution in [0.4, 0.5) is 0 Å². The maximum absolute atomic E-state index is 10.4. The summed E-state index contributed by atoms with van der Waals surface area (Å²) in [5, 5.41) is 0. The molecule has 60 valence electrons. The number of hydrogen-bond acceptors (Lipinski definition) is 2. The van der Waals surface area contributed by atoms with E-state index < -0.39 is 11.9 Å². The highest BCUT2D eigenvalue weighted by Crippen LogP contribution is 2.04. The predicted molar refractivity (Wildman–Crippen MR) is 41.2 cm³/mol. The second kappa shape index (κ2) is 4.28. The van der Waals surface area contributed by atoms with Crippen molar-refractivity contribution in [2.24, 2.45) is 17.4 Å². The highest BCUT2D eigenvalue weighted by Gasteiger charge is 2.08. The van der Waals surface area contributed by atoms with Gasteiger partial charge >= 0.3 is 0 Å². The molecular formula is C7H16N2O. The van der Waals surface area contributed by atoms with E-state index in [1.54, 1.807) is 0 Å². The van der Waals surface area contributed by atoms with Crippen molar-refractivity contribution in [1.82, 2.24) is 0 Å². The monoisotopic (exact) mass is 144 g/mol. The molecular weight excluding hydrogens is 128 g/mol. The molecule has 1 unspecified atom stereocenters. The first-order valence-corrected chi connectivity index (χ1v) is 3.59. The van der Waals surface area contributed by atoms with Gasteiger partial charge in [-0.3, -0.25) is 4.79 Å². The highest BCUT2D eigenvalue weighted by molar-refractivity contribution is 5.79. The molecule has 0 rings (SSSR count). The zero-order valence-corrected chi connectivity index (χ0v) is 6.63. The fourth-order valence-corrected chi connectivity index (χ4v) is 0.655. The molecule has 0 radical (unpaired) electrons. The quantitative estimate of drug-likeness (QED) is 0.593. The molecule has 10 heavy (non-hydrogen) atoms. The largest absolute Gasteiger partial charge is 0.368 e. The number of hydrogen-bond donors (Lipinski definition) is 2. The summed E-state index contributed by atoms with van der Waals surface area (Å²) in [6.07, 6.45) is 1.66. The fourth-order valence-electron chi connectivity index (χ4n) is 0.655. The Bertz CT molecular complexity index is 112. The topological polar surface area (TPSA) is 69.1 Å². The van der Waals surface area contributed by atoms with Crippen LogP contribution in [0.3, 0.4) is 0 Å². The summed E-state index contributed by atoms with van der Waals surface area (Å²) in [5.41, 5.74) is 10.3. The Hall–Kier alpha value is -0.570. The maximum Gasteiger partial charge on any atom is 0.234 e. The van der Waals surface area contributed by atoms with E-state index in [1.165, 1.54) is 0 Å². The Morgan fingerprint density at radius 1 is 1.40 bits per heavy atom. The lowest BCUT2D eigenvalue weighted by atomic mass is 10.0. The third-order valence-corrected chi connectivity index (χ3v) is 1.42. The number of amides is 1. The lowest BCUT2D eigenvalue weighted by Crippen LogP contribution is -2.36. The molecule has 0 aliphatic carbocycles. The molecule has 3 nitrogen and oxygen atoms in total. The summed E-state index contributed by atoms with van der Waals surface area (Å²) in [7, 11) is 0. The molecule has 0 bridgehead atoms. The number of rotatable bonds is 4. The van der Waals surface area contributed by atoms with Crippen LogP contribution in [-0.4, -0.2) is 11.9 Å². The highest BCUT2D eigenvalue weighted by atomic mass is 16.1. The Balaban J connectivity index is 3.40. The average Bonchev–Trinajstić information content (AvgIpc) is 1.82. The second-order valence-electron chi connectivity index (χ2n) is 2.98. The number of carbonyl (C=O) groups excluding carboxylic acids is 1. The molecule has 0 saturated heterocycles. The molecule has 0 spiro atoms. The van der Waals surface area contributed by atoms with Crippen molar-refractivity contribution in [3.8, 4) is 0 Å². The van der Waals surface area contributed by atoms with Crippen LogP contribution in [0, 0.1) is 5.92 Å². The van der Waals surface area contributed by atoms with Gasteiger partial charge in [0.1, 0.15) is 0 Å². The molecule has 0 aromatic rings. The van der Waals surface area contributed by atoms with Crippen molar-refractivity contribution in [2.45, 2.75) is 32.7 Å². The van der Waals surface area contributed by atoms with Crippen LogP contribution in [0.2, 0.25) is 0 Å². The minimum atomic E-state index is -0.456. The van der Waals surface area contributed by atoms with Gasteiger partial charge in [-0.25, -0.2) is 0 Å². The van der Waals surface area contributed by atoms with E-state index in [2.05, 4.69) is 13.8 Å². The van der Waals surface area contributed by atoms with Crippen LogP contribution in [0.1, 0.15) is 26.7 Å². The fraction of sp³-hybridized carbons (Fsp3) is 0.857. The number of primary amides is 1. The Kier molecular flexibility index (Phi) is 4.03. The smallest absolute Gasteiger partial charge is 0.234 e. The minimum Gasteiger partial charge on any atom is -0.368 e. The molecule has 0 saturated carbocycles. The van der Waals surface area contributed by atoms with Gasteiger partial charge in [-0.15, -0.1) is 0 Å². The standard InChI is InChI=1S/C7H16N2O/c1-5(2)3-4-6(8)7(9)10/h5-6H,3-4,8H2,1-2H3,(H2,9,10). The van der Waals surface area contributed by atoms with Crippen molar-refractivity contribution in [3.63, 3.8) is 0 Å². The van der Waals surface area contributed by atoms with Crippen molar-refractivity contribution in [2.75, 3.05) is 0 Å². The van der Waals surface area contributed by atoms with Crippen LogP contribution >= 0.6 is 0 Å². The van der Waals surface area contributed by atoms with Crippen molar-refractivity contribution < 1.29 is 4.79 Å². The van der Waals surface area contributed by atoms with Gasteiger partial charge in [-0.05, 0) is 18.8 Å². The van der Waals surface area contributed by atoms with E-state index in [0.717, 1.165) is 6.42 Å². The summed E-state index contributed by atoms with van der Waals surface area (Å²) < 4.78 is 0. The Morgan fingerprint density at radius 3 is 2.20 bits per heavy atom. The van der Waals surface area contributed by atoms with E-state index in [4.69, 9.17) is 11.5 Å². The van der Waals surface area contributed by atoms with Crippen molar-refractivity contribution in [3.05, 3.63) is 0 Å². The Morgan fingerprint density at radius 2 is 1.90 bits per heavy atom. The maximum atomic E-state index is 10.4. The van der Waals surface area contributed by atoms with E-state index in [0.29, 0.717) is 12.3 Å². The van der Waals surface area contributed by atoms with E-state index in [-0.39, 0.29) is 0 Å². The molecule has 1 atom stereocenters. The first-order chi connectivity index (χ1) is 4.54. The summed E-state index contributed by atoms with van der Waals surface area (Å²) in [6.45, 7) is 4.18. The molecule has 0 fully saturated rings. The summed E-state index contributed by atoms with van der Waals surface area (Å²) in [5.74, 6) is 0.186. The van der Waals surface area contributed by atoms with Crippen LogP contribution in [0.25, 0.3) is 0 Å². The summed E-state index contributed by atoms with van der Waals surface area (Å²) >= 11 is 0. The zero-order chi connectivity index (χ0) is 8.15. The second-order valence-corrected chi connectivity index (χ2v) is 2.98. The molecule has 0 heterocycles. The van der Waals surface area contributed by atoms with Crippen LogP contribution in [-0.2, 0) is 4.79 Å². The van der Waals surface area contributed by atoms with Crippen molar-refractivity contribution in [1.29, 1.82) is 0 Å². The van der Waals surface area contributed by atoms with Gasteiger partial charge in [0.15, 0.2) is 0 Å². The molecule has 3 heteroatoms. The van der Waals surface area contributed by atoms with E-state index in [1.807, 2.05) is 0 Å². The molecule has 0 aliphatic heterocycles. The van der Waals surface area contributed by atoms with Crippen LogP contribution in [0.15, 0.2) is 0 Å². The number of nitrogens with two attached hydrogens (primary N) is 2. The van der Waals surface area contributed by atoms with E-state index in [9.17, 15) is 4.79 Å². The molecule has 0 aromatic heterocycles. The van der Waals surface area contributed by atoms with Gasteiger partial charge < -0.3 is 11.5 Å². The lowest BCUT2D eigenvalue weighted by Gasteiger charge is -2.08. The normalized spacial score (nSPS) is 13.6. The van der Waals surface area contributed by atoms with Gasteiger partial charge in [0.2, 0.25) is 5.91 Å². The van der Waals surface area contributed by atoms with Crippen LogP contribution in [0.5, 0.6) is 0 Å². The van der Waals surface area contributed by atoms with Crippen LogP contribution < -0.4 is 11.5 Å². The first-order valence-electron chi connectivity index (χ1n) is 3.59. The number of carbonyl (C=O) groups is 1. The van der Waals surface area contributed by atoms with Crippen molar-refractivity contribution >= 4 is 5.91 Å².